The van der Waals surface area contributed by atoms with Crippen LogP contribution in [0.5, 0.6) is 0 Å². The minimum absolute atomic E-state index is 0.237. The molecule has 9 rings (SSSR count). The van der Waals surface area contributed by atoms with E-state index >= 15 is 0 Å². The molecule has 0 fully saturated rings. The highest BCUT2D eigenvalue weighted by Crippen LogP contribution is 2.51. The van der Waals surface area contributed by atoms with E-state index in [0.717, 1.165) is 33.9 Å². The lowest BCUT2D eigenvalue weighted by Crippen LogP contribution is -2.37. The Labute approximate surface area is 387 Å². The molecule has 0 saturated carbocycles. The van der Waals surface area contributed by atoms with E-state index in [1.807, 2.05) is 48.5 Å². The lowest BCUT2D eigenvalue weighted by Gasteiger charge is -2.28. The van der Waals surface area contributed by atoms with Gasteiger partial charge in [-0.2, -0.15) is 0 Å². The average molecular weight is 875 g/mol. The first-order chi connectivity index (χ1) is 31.1. The van der Waals surface area contributed by atoms with Gasteiger partial charge in [0.1, 0.15) is 0 Å². The molecule has 8 aromatic rings. The summed E-state index contributed by atoms with van der Waals surface area (Å²) in [5.41, 5.74) is 14.8. The molecule has 0 amide bonds. The maximum atomic E-state index is 7.48. The Morgan fingerprint density at radius 3 is 1.23 bits per heavy atom. The molecule has 4 nitrogen and oxygen atoms in total. The molecule has 1 aliphatic carbocycles. The van der Waals surface area contributed by atoms with Gasteiger partial charge >= 0.3 is 0 Å². The van der Waals surface area contributed by atoms with Crippen molar-refractivity contribution in [2.75, 3.05) is 9.80 Å². The Morgan fingerprint density at radius 2 is 0.754 bits per heavy atom. The minimum atomic E-state index is -1.44. The summed E-state index contributed by atoms with van der Waals surface area (Å²) in [6.07, 6.45) is 4.46. The van der Waals surface area contributed by atoms with E-state index in [2.05, 4.69) is 206 Å². The van der Waals surface area contributed by atoms with Crippen LogP contribution in [0.15, 0.2) is 170 Å². The van der Waals surface area contributed by atoms with Crippen molar-refractivity contribution < 1.29 is 0 Å². The highest BCUT2D eigenvalue weighted by atomic mass is 28.3. The first kappa shape index (κ1) is 43.0. The van der Waals surface area contributed by atoms with Gasteiger partial charge in [-0.1, -0.05) is 167 Å². The van der Waals surface area contributed by atoms with Crippen molar-refractivity contribution in [2.45, 2.75) is 58.5 Å². The zero-order valence-corrected chi connectivity index (χ0v) is 40.6. The Kier molecular flexibility index (Phi) is 11.1. The number of rotatable bonds is 10. The quantitative estimate of drug-likeness (QED) is 0.0773. The minimum Gasteiger partial charge on any atom is -0.311 e. The molecule has 0 radical (unpaired) electrons. The standard InChI is InChI=1S/C59H54N4Si2/c1-59(2)57-38-42(14-35-55(57)56-36-30-52(40-58(56)59)63(47-22-17-45(60-3)18-23-47)48-24-19-46(61-4)20-25-48)12-11-41-13-15-44-39-51(21-16-43(44)37-41)62(49-26-31-53(32-27-49)64(5,6)7)50-28-33-54(34-29-50)65(8,9)10/h11-40H,1-2,5-10H3/b12-11+. The van der Waals surface area contributed by atoms with E-state index in [1.165, 1.54) is 54.8 Å². The summed E-state index contributed by atoms with van der Waals surface area (Å²) < 4.78 is 0. The predicted molar refractivity (Wildman–Crippen MR) is 285 cm³/mol. The zero-order valence-electron chi connectivity index (χ0n) is 38.6. The molecule has 0 aromatic heterocycles. The highest BCUT2D eigenvalue weighted by Gasteiger charge is 2.36. The molecule has 0 unspecified atom stereocenters. The van der Waals surface area contributed by atoms with Crippen molar-refractivity contribution in [3.05, 3.63) is 215 Å². The van der Waals surface area contributed by atoms with Crippen molar-refractivity contribution in [1.29, 1.82) is 0 Å². The van der Waals surface area contributed by atoms with E-state index in [0.29, 0.717) is 11.4 Å². The van der Waals surface area contributed by atoms with Gasteiger partial charge in [0.15, 0.2) is 11.4 Å². The molecule has 318 valence electrons. The SMILES string of the molecule is [C-]#[N+]c1ccc(N(c2ccc([N+]#[C-])cc2)c2ccc3c(c2)C(C)(C)c2cc(/C=C/c4ccc5cc(N(c6ccc([Si](C)(C)C)cc6)c6ccc([Si](C)(C)C)cc6)ccc5c4)ccc2-3)cc1. The van der Waals surface area contributed by atoms with Crippen LogP contribution in [0.3, 0.4) is 0 Å². The van der Waals surface area contributed by atoms with E-state index in [9.17, 15) is 0 Å². The van der Waals surface area contributed by atoms with Gasteiger partial charge in [-0.05, 0) is 123 Å². The molecular weight excluding hydrogens is 821 g/mol. The molecule has 0 spiro atoms. The first-order valence-corrected chi connectivity index (χ1v) is 29.4. The van der Waals surface area contributed by atoms with Crippen LogP contribution in [0.4, 0.5) is 45.5 Å². The Hall–Kier alpha value is -7.23. The molecule has 0 saturated heterocycles. The van der Waals surface area contributed by atoms with Gasteiger partial charge in [-0.3, -0.25) is 0 Å². The molecule has 0 bridgehead atoms. The van der Waals surface area contributed by atoms with E-state index in [-0.39, 0.29) is 5.41 Å². The summed E-state index contributed by atoms with van der Waals surface area (Å²) in [7, 11) is -2.87. The van der Waals surface area contributed by atoms with Gasteiger partial charge in [-0.15, -0.1) is 0 Å². The smallest absolute Gasteiger partial charge is 0.187 e. The lowest BCUT2D eigenvalue weighted by atomic mass is 9.81. The maximum Gasteiger partial charge on any atom is 0.187 e. The predicted octanol–water partition coefficient (Wildman–Crippen LogP) is 16.4. The van der Waals surface area contributed by atoms with Crippen molar-refractivity contribution in [3.63, 3.8) is 0 Å². The third kappa shape index (κ3) is 8.47. The van der Waals surface area contributed by atoms with Crippen LogP contribution in [0.2, 0.25) is 39.3 Å². The maximum absolute atomic E-state index is 7.48. The lowest BCUT2D eigenvalue weighted by molar-refractivity contribution is 0.660. The van der Waals surface area contributed by atoms with E-state index in [4.69, 9.17) is 13.1 Å². The largest absolute Gasteiger partial charge is 0.311 e. The second kappa shape index (κ2) is 16.7. The van der Waals surface area contributed by atoms with Crippen LogP contribution >= 0.6 is 0 Å². The average Bonchev–Trinajstić information content (AvgIpc) is 3.53. The van der Waals surface area contributed by atoms with Crippen molar-refractivity contribution in [1.82, 2.24) is 0 Å². The van der Waals surface area contributed by atoms with Gasteiger partial charge in [0.05, 0.1) is 29.3 Å². The molecule has 0 N–H and O–H groups in total. The molecule has 6 heteroatoms. The monoisotopic (exact) mass is 874 g/mol. The topological polar surface area (TPSA) is 15.2 Å². The third-order valence-corrected chi connectivity index (χ3v) is 17.1. The molecule has 0 aliphatic heterocycles. The fourth-order valence-corrected chi connectivity index (χ4v) is 11.5. The van der Waals surface area contributed by atoms with Crippen LogP contribution in [0.1, 0.15) is 36.1 Å². The summed E-state index contributed by atoms with van der Waals surface area (Å²) in [6, 6.07) is 61.1. The summed E-state index contributed by atoms with van der Waals surface area (Å²) in [6.45, 7) is 34.0. The molecule has 65 heavy (non-hydrogen) atoms. The Morgan fingerprint density at radius 1 is 0.400 bits per heavy atom. The first-order valence-electron chi connectivity index (χ1n) is 22.4. The fraction of sp³-hybridized carbons (Fsp3) is 0.153. The highest BCUT2D eigenvalue weighted by molar-refractivity contribution is 6.89. The number of benzene rings is 8. The molecule has 0 atom stereocenters. The number of anilines is 6. The Balaban J connectivity index is 0.994. The zero-order chi connectivity index (χ0) is 45.7. The number of nitrogens with zero attached hydrogens (tertiary/aromatic N) is 4. The second-order valence-electron chi connectivity index (χ2n) is 19.8. The fourth-order valence-electron chi connectivity index (χ4n) is 9.14. The summed E-state index contributed by atoms with van der Waals surface area (Å²) in [5, 5.41) is 5.34. The summed E-state index contributed by atoms with van der Waals surface area (Å²) in [4.78, 5) is 11.8. The van der Waals surface area contributed by atoms with Crippen LogP contribution in [-0.4, -0.2) is 16.1 Å². The van der Waals surface area contributed by atoms with Crippen LogP contribution in [0.25, 0.3) is 43.7 Å². The van der Waals surface area contributed by atoms with Crippen LogP contribution in [0, 0.1) is 13.1 Å². The molecule has 8 aromatic carbocycles. The van der Waals surface area contributed by atoms with E-state index < -0.39 is 16.1 Å². The van der Waals surface area contributed by atoms with Crippen molar-refractivity contribution in [3.8, 4) is 11.1 Å². The van der Waals surface area contributed by atoms with Crippen LogP contribution in [-0.2, 0) is 5.41 Å². The van der Waals surface area contributed by atoms with E-state index in [1.54, 1.807) is 0 Å². The normalized spacial score (nSPS) is 13.0. The van der Waals surface area contributed by atoms with Crippen molar-refractivity contribution >= 4 is 94.9 Å². The summed E-state index contributed by atoms with van der Waals surface area (Å²) in [5.74, 6) is 0. The molecule has 0 heterocycles. The number of fused-ring (bicyclic) bond motifs is 4. The summed E-state index contributed by atoms with van der Waals surface area (Å²) >= 11 is 0. The number of hydrogen-bond donors (Lipinski definition) is 0. The molecule has 1 aliphatic rings. The van der Waals surface area contributed by atoms with Gasteiger partial charge in [-0.25, -0.2) is 9.69 Å². The second-order valence-corrected chi connectivity index (χ2v) is 30.0. The Bertz CT molecular complexity index is 3080. The van der Waals surface area contributed by atoms with Gasteiger partial charge in [0, 0.05) is 39.5 Å². The van der Waals surface area contributed by atoms with Gasteiger partial charge in [0.25, 0.3) is 0 Å². The van der Waals surface area contributed by atoms with Gasteiger partial charge < -0.3 is 9.80 Å². The van der Waals surface area contributed by atoms with Crippen molar-refractivity contribution in [2.24, 2.45) is 0 Å². The third-order valence-electron chi connectivity index (χ3n) is 13.0. The van der Waals surface area contributed by atoms with Gasteiger partial charge in [0.2, 0.25) is 0 Å². The van der Waals surface area contributed by atoms with Crippen LogP contribution < -0.4 is 20.2 Å². The molecular formula is C59H54N4Si2. The number of hydrogen-bond acceptors (Lipinski definition) is 2.